The van der Waals surface area contributed by atoms with Crippen molar-refractivity contribution < 1.29 is 13.2 Å². The van der Waals surface area contributed by atoms with Crippen LogP contribution in [-0.4, -0.2) is 38.4 Å². The predicted molar refractivity (Wildman–Crippen MR) is 68.9 cm³/mol. The predicted octanol–water partition coefficient (Wildman–Crippen LogP) is 0.396. The minimum Gasteiger partial charge on any atom is -0.392 e. The van der Waals surface area contributed by atoms with Gasteiger partial charge in [-0.25, -0.2) is 13.1 Å². The molecule has 0 spiro atoms. The monoisotopic (exact) mass is 268 g/mol. The molecule has 0 aliphatic rings. The average Bonchev–Trinajstić information content (AvgIpc) is 2.13. The summed E-state index contributed by atoms with van der Waals surface area (Å²) >= 11 is 4.74. The molecule has 0 rings (SSSR count). The maximum atomic E-state index is 11.9. The molecular formula is C9H20N2O3S2. The van der Waals surface area contributed by atoms with Crippen molar-refractivity contribution >= 4 is 27.2 Å². The van der Waals surface area contributed by atoms with Crippen LogP contribution < -0.4 is 10.5 Å². The van der Waals surface area contributed by atoms with Gasteiger partial charge in [0.15, 0.2) is 0 Å². The minimum atomic E-state index is -3.47. The molecule has 5 nitrogen and oxygen atoms in total. The van der Waals surface area contributed by atoms with E-state index in [-0.39, 0.29) is 11.0 Å². The Morgan fingerprint density at radius 3 is 2.50 bits per heavy atom. The third-order valence-corrected chi connectivity index (χ3v) is 4.68. The first kappa shape index (κ1) is 15.8. The van der Waals surface area contributed by atoms with E-state index in [0.29, 0.717) is 19.4 Å². The summed E-state index contributed by atoms with van der Waals surface area (Å²) in [4.78, 5) is 0.00828. The number of hydrogen-bond donors (Lipinski definition) is 2. The van der Waals surface area contributed by atoms with E-state index in [1.165, 1.54) is 0 Å². The number of ether oxygens (including phenoxy) is 1. The number of rotatable bonds is 8. The summed E-state index contributed by atoms with van der Waals surface area (Å²) in [6.45, 7) is 4.03. The molecule has 0 heterocycles. The zero-order valence-electron chi connectivity index (χ0n) is 9.89. The average molecular weight is 268 g/mol. The summed E-state index contributed by atoms with van der Waals surface area (Å²) < 4.78 is 31.1. The quantitative estimate of drug-likeness (QED) is 0.623. The van der Waals surface area contributed by atoms with Crippen molar-refractivity contribution in [3.63, 3.8) is 0 Å². The molecule has 0 aromatic carbocycles. The number of hydrogen-bond acceptors (Lipinski definition) is 4. The summed E-state index contributed by atoms with van der Waals surface area (Å²) in [6.07, 6.45) is 0.991. The summed E-state index contributed by atoms with van der Waals surface area (Å²) in [5, 5.41) is -0.799. The van der Waals surface area contributed by atoms with Gasteiger partial charge in [0.25, 0.3) is 0 Å². The van der Waals surface area contributed by atoms with Gasteiger partial charge in [-0.3, -0.25) is 0 Å². The van der Waals surface area contributed by atoms with Gasteiger partial charge in [0.05, 0.1) is 4.99 Å². The van der Waals surface area contributed by atoms with Gasteiger partial charge in [-0.15, -0.1) is 0 Å². The lowest BCUT2D eigenvalue weighted by Gasteiger charge is -2.19. The zero-order valence-corrected chi connectivity index (χ0v) is 11.5. The molecule has 0 aliphatic heterocycles. The fourth-order valence-electron chi connectivity index (χ4n) is 1.29. The van der Waals surface area contributed by atoms with Gasteiger partial charge in [0.1, 0.15) is 5.25 Å². The third-order valence-electron chi connectivity index (χ3n) is 2.18. The third kappa shape index (κ3) is 5.20. The molecule has 2 atom stereocenters. The van der Waals surface area contributed by atoms with E-state index in [1.54, 1.807) is 21.0 Å². The molecule has 16 heavy (non-hydrogen) atoms. The molecule has 0 fully saturated rings. The molecular weight excluding hydrogens is 248 g/mol. The molecule has 3 N–H and O–H groups in total. The molecule has 0 aromatic rings. The number of methoxy groups -OCH3 is 1. The molecule has 2 unspecified atom stereocenters. The van der Waals surface area contributed by atoms with Crippen LogP contribution in [0.2, 0.25) is 0 Å². The Kier molecular flexibility index (Phi) is 7.05. The van der Waals surface area contributed by atoms with Gasteiger partial charge < -0.3 is 10.5 Å². The zero-order chi connectivity index (χ0) is 12.8. The summed E-state index contributed by atoms with van der Waals surface area (Å²) in [5.41, 5.74) is 5.40. The van der Waals surface area contributed by atoms with Crippen LogP contribution in [0.15, 0.2) is 0 Å². The standard InChI is InChI=1S/C9H20N2O3S2/c1-4-8(9(10)15)16(12,13)11-7(2)5-6-14-3/h7-8,11H,4-6H2,1-3H3,(H2,10,15). The normalized spacial score (nSPS) is 15.7. The van der Waals surface area contributed by atoms with Crippen molar-refractivity contribution in [3.05, 3.63) is 0 Å². The van der Waals surface area contributed by atoms with E-state index in [4.69, 9.17) is 22.7 Å². The Bertz CT molecular complexity index is 317. The molecule has 0 saturated heterocycles. The van der Waals surface area contributed by atoms with Gasteiger partial charge in [0.2, 0.25) is 10.0 Å². The lowest BCUT2D eigenvalue weighted by molar-refractivity contribution is 0.188. The van der Waals surface area contributed by atoms with Crippen molar-refractivity contribution in [2.45, 2.75) is 38.0 Å². The van der Waals surface area contributed by atoms with E-state index in [1.807, 2.05) is 0 Å². The van der Waals surface area contributed by atoms with Crippen LogP contribution in [0, 0.1) is 0 Å². The van der Waals surface area contributed by atoms with E-state index in [0.717, 1.165) is 0 Å². The lowest BCUT2D eigenvalue weighted by atomic mass is 10.3. The van der Waals surface area contributed by atoms with Crippen molar-refractivity contribution in [2.75, 3.05) is 13.7 Å². The first-order chi connectivity index (χ1) is 7.35. The van der Waals surface area contributed by atoms with Gasteiger partial charge in [-0.2, -0.15) is 0 Å². The number of nitrogens with one attached hydrogen (secondary N) is 1. The van der Waals surface area contributed by atoms with Crippen molar-refractivity contribution in [2.24, 2.45) is 5.73 Å². The fraction of sp³-hybridized carbons (Fsp3) is 0.889. The van der Waals surface area contributed by atoms with E-state index < -0.39 is 15.3 Å². The highest BCUT2D eigenvalue weighted by Crippen LogP contribution is 2.07. The second-order valence-corrected chi connectivity index (χ2v) is 6.01. The van der Waals surface area contributed by atoms with Crippen molar-refractivity contribution in [3.8, 4) is 0 Å². The molecule has 7 heteroatoms. The van der Waals surface area contributed by atoms with Crippen molar-refractivity contribution in [1.29, 1.82) is 0 Å². The highest BCUT2D eigenvalue weighted by molar-refractivity contribution is 7.93. The fourth-order valence-corrected chi connectivity index (χ4v) is 3.42. The van der Waals surface area contributed by atoms with E-state index >= 15 is 0 Å². The molecule has 0 saturated carbocycles. The van der Waals surface area contributed by atoms with Crippen LogP contribution in [0.4, 0.5) is 0 Å². The Morgan fingerprint density at radius 2 is 2.12 bits per heavy atom. The summed E-state index contributed by atoms with van der Waals surface area (Å²) in [5.74, 6) is 0. The van der Waals surface area contributed by atoms with E-state index in [9.17, 15) is 8.42 Å². The number of thiocarbonyl (C=S) groups is 1. The van der Waals surface area contributed by atoms with Crippen molar-refractivity contribution in [1.82, 2.24) is 4.72 Å². The van der Waals surface area contributed by atoms with Crippen LogP contribution >= 0.6 is 12.2 Å². The van der Waals surface area contributed by atoms with Crippen LogP contribution in [0.1, 0.15) is 26.7 Å². The molecule has 0 bridgehead atoms. The maximum absolute atomic E-state index is 11.9. The number of sulfonamides is 1. The summed E-state index contributed by atoms with van der Waals surface area (Å²) in [6, 6.07) is -0.187. The first-order valence-electron chi connectivity index (χ1n) is 5.14. The van der Waals surface area contributed by atoms with Gasteiger partial charge in [0, 0.05) is 19.8 Å². The Hall–Kier alpha value is -0.240. The molecule has 0 aliphatic carbocycles. The second kappa shape index (κ2) is 7.16. The largest absolute Gasteiger partial charge is 0.392 e. The highest BCUT2D eigenvalue weighted by atomic mass is 32.2. The van der Waals surface area contributed by atoms with E-state index in [2.05, 4.69) is 4.72 Å². The smallest absolute Gasteiger partial charge is 0.221 e. The highest BCUT2D eigenvalue weighted by Gasteiger charge is 2.27. The van der Waals surface area contributed by atoms with Crippen LogP contribution in [0.5, 0.6) is 0 Å². The van der Waals surface area contributed by atoms with Gasteiger partial charge >= 0.3 is 0 Å². The molecule has 0 radical (unpaired) electrons. The number of nitrogens with two attached hydrogens (primary N) is 1. The Balaban J connectivity index is 4.49. The van der Waals surface area contributed by atoms with Crippen LogP contribution in [0.3, 0.4) is 0 Å². The van der Waals surface area contributed by atoms with Crippen LogP contribution in [0.25, 0.3) is 0 Å². The molecule has 96 valence electrons. The Labute approximate surface area is 103 Å². The second-order valence-electron chi connectivity index (χ2n) is 3.64. The van der Waals surface area contributed by atoms with Gasteiger partial charge in [-0.05, 0) is 19.8 Å². The topological polar surface area (TPSA) is 81.4 Å². The maximum Gasteiger partial charge on any atom is 0.221 e. The summed E-state index contributed by atoms with van der Waals surface area (Å²) in [7, 11) is -1.90. The van der Waals surface area contributed by atoms with Gasteiger partial charge in [-0.1, -0.05) is 19.1 Å². The first-order valence-corrected chi connectivity index (χ1v) is 7.10. The molecule has 0 amide bonds. The minimum absolute atomic E-state index is 0.00828. The van der Waals surface area contributed by atoms with Crippen LogP contribution in [-0.2, 0) is 14.8 Å². The lowest BCUT2D eigenvalue weighted by Crippen LogP contribution is -2.45. The SMILES string of the molecule is CCC(C(N)=S)S(=O)(=O)NC(C)CCOC. The molecule has 0 aromatic heterocycles. The Morgan fingerprint density at radius 1 is 1.56 bits per heavy atom.